The molecule has 0 saturated carbocycles. The molecule has 0 amide bonds. The predicted octanol–water partition coefficient (Wildman–Crippen LogP) is 3.23. The SMILES string of the molecule is O=C(OCc1nc(-c2ccccc2)no1)c1ccccc1F. The molecule has 0 aliphatic heterocycles. The molecule has 0 fully saturated rings. The molecule has 110 valence electrons. The number of carbonyl (C=O) groups is 1. The summed E-state index contributed by atoms with van der Waals surface area (Å²) in [5.41, 5.74) is 0.656. The van der Waals surface area contributed by atoms with Crippen LogP contribution in [0.3, 0.4) is 0 Å². The molecular weight excluding hydrogens is 287 g/mol. The van der Waals surface area contributed by atoms with E-state index < -0.39 is 11.8 Å². The molecule has 0 spiro atoms. The van der Waals surface area contributed by atoms with Gasteiger partial charge in [0.2, 0.25) is 5.82 Å². The van der Waals surface area contributed by atoms with Gasteiger partial charge in [0, 0.05) is 5.56 Å². The number of rotatable bonds is 4. The zero-order valence-corrected chi connectivity index (χ0v) is 11.4. The van der Waals surface area contributed by atoms with Crippen molar-refractivity contribution in [3.05, 3.63) is 71.9 Å². The highest BCUT2D eigenvalue weighted by molar-refractivity contribution is 5.89. The Morgan fingerprint density at radius 1 is 1.09 bits per heavy atom. The highest BCUT2D eigenvalue weighted by Gasteiger charge is 2.15. The van der Waals surface area contributed by atoms with E-state index in [1.165, 1.54) is 18.2 Å². The van der Waals surface area contributed by atoms with E-state index >= 15 is 0 Å². The average molecular weight is 298 g/mol. The molecule has 0 bridgehead atoms. The van der Waals surface area contributed by atoms with Crippen LogP contribution in [0.1, 0.15) is 16.2 Å². The van der Waals surface area contributed by atoms with Crippen LogP contribution in [0.5, 0.6) is 0 Å². The fraction of sp³-hybridized carbons (Fsp3) is 0.0625. The van der Waals surface area contributed by atoms with Gasteiger partial charge in [-0.1, -0.05) is 47.6 Å². The summed E-state index contributed by atoms with van der Waals surface area (Å²) >= 11 is 0. The summed E-state index contributed by atoms with van der Waals surface area (Å²) in [4.78, 5) is 15.9. The molecule has 0 aliphatic carbocycles. The zero-order valence-electron chi connectivity index (χ0n) is 11.4. The first-order valence-corrected chi connectivity index (χ1v) is 6.54. The van der Waals surface area contributed by atoms with Gasteiger partial charge in [-0.25, -0.2) is 9.18 Å². The van der Waals surface area contributed by atoms with Crippen molar-refractivity contribution in [2.45, 2.75) is 6.61 Å². The van der Waals surface area contributed by atoms with Crippen LogP contribution in [0.4, 0.5) is 4.39 Å². The van der Waals surface area contributed by atoms with Gasteiger partial charge in [-0.15, -0.1) is 0 Å². The maximum atomic E-state index is 13.4. The summed E-state index contributed by atoms with van der Waals surface area (Å²) in [6.07, 6.45) is 0. The maximum absolute atomic E-state index is 13.4. The van der Waals surface area contributed by atoms with Crippen LogP contribution in [0, 0.1) is 5.82 Å². The number of benzene rings is 2. The molecule has 0 saturated heterocycles. The van der Waals surface area contributed by atoms with Crippen LogP contribution in [-0.2, 0) is 11.3 Å². The number of halogens is 1. The van der Waals surface area contributed by atoms with Crippen LogP contribution in [0.15, 0.2) is 59.1 Å². The maximum Gasteiger partial charge on any atom is 0.341 e. The Hall–Kier alpha value is -3.02. The van der Waals surface area contributed by atoms with Crippen LogP contribution in [0.2, 0.25) is 0 Å². The standard InChI is InChI=1S/C16H11FN2O3/c17-13-9-5-4-8-12(13)16(20)21-10-14-18-15(19-22-14)11-6-2-1-3-7-11/h1-9H,10H2. The third-order valence-electron chi connectivity index (χ3n) is 2.92. The third-order valence-corrected chi connectivity index (χ3v) is 2.92. The number of aromatic nitrogens is 2. The van der Waals surface area contributed by atoms with E-state index in [1.807, 2.05) is 30.3 Å². The van der Waals surface area contributed by atoms with Crippen molar-refractivity contribution in [3.63, 3.8) is 0 Å². The van der Waals surface area contributed by atoms with Crippen molar-refractivity contribution in [1.29, 1.82) is 0 Å². The minimum Gasteiger partial charge on any atom is -0.452 e. The van der Waals surface area contributed by atoms with Crippen molar-refractivity contribution in [2.24, 2.45) is 0 Å². The van der Waals surface area contributed by atoms with E-state index in [2.05, 4.69) is 10.1 Å². The topological polar surface area (TPSA) is 65.2 Å². The lowest BCUT2D eigenvalue weighted by atomic mass is 10.2. The summed E-state index contributed by atoms with van der Waals surface area (Å²) in [5.74, 6) is -0.873. The summed E-state index contributed by atoms with van der Waals surface area (Å²) in [7, 11) is 0. The Kier molecular flexibility index (Phi) is 3.91. The molecule has 2 aromatic carbocycles. The van der Waals surface area contributed by atoms with Crippen molar-refractivity contribution >= 4 is 5.97 Å². The minimum atomic E-state index is -0.780. The van der Waals surface area contributed by atoms with E-state index in [4.69, 9.17) is 9.26 Å². The fourth-order valence-electron chi connectivity index (χ4n) is 1.85. The van der Waals surface area contributed by atoms with Gasteiger partial charge >= 0.3 is 5.97 Å². The lowest BCUT2D eigenvalue weighted by molar-refractivity contribution is 0.0424. The monoisotopic (exact) mass is 298 g/mol. The van der Waals surface area contributed by atoms with E-state index in [0.717, 1.165) is 5.56 Å². The molecule has 3 rings (SSSR count). The Balaban J connectivity index is 1.67. The molecule has 0 atom stereocenters. The Morgan fingerprint density at radius 3 is 2.59 bits per heavy atom. The number of carbonyl (C=O) groups excluding carboxylic acids is 1. The van der Waals surface area contributed by atoms with Crippen molar-refractivity contribution in [2.75, 3.05) is 0 Å². The largest absolute Gasteiger partial charge is 0.452 e. The van der Waals surface area contributed by atoms with E-state index in [0.29, 0.717) is 5.82 Å². The first kappa shape index (κ1) is 13.9. The lowest BCUT2D eigenvalue weighted by Crippen LogP contribution is -2.07. The molecule has 0 unspecified atom stereocenters. The smallest absolute Gasteiger partial charge is 0.341 e. The number of ether oxygens (including phenoxy) is 1. The molecule has 5 nitrogen and oxygen atoms in total. The number of hydrogen-bond acceptors (Lipinski definition) is 5. The summed E-state index contributed by atoms with van der Waals surface area (Å²) in [5, 5.41) is 3.80. The van der Waals surface area contributed by atoms with Gasteiger partial charge in [0.25, 0.3) is 5.89 Å². The molecule has 1 heterocycles. The van der Waals surface area contributed by atoms with Crippen molar-refractivity contribution in [3.8, 4) is 11.4 Å². The number of nitrogens with zero attached hydrogens (tertiary/aromatic N) is 2. The molecule has 22 heavy (non-hydrogen) atoms. The normalized spacial score (nSPS) is 10.4. The second-order valence-electron chi connectivity index (χ2n) is 4.43. The summed E-state index contributed by atoms with van der Waals surface area (Å²) in [6.45, 7) is -0.215. The van der Waals surface area contributed by atoms with Gasteiger partial charge in [0.05, 0.1) is 5.56 Å². The number of hydrogen-bond donors (Lipinski definition) is 0. The van der Waals surface area contributed by atoms with Crippen molar-refractivity contribution < 1.29 is 18.4 Å². The Bertz CT molecular complexity index is 787. The molecule has 0 N–H and O–H groups in total. The summed E-state index contributed by atoms with van der Waals surface area (Å²) in [6, 6.07) is 14.8. The first-order valence-electron chi connectivity index (χ1n) is 6.54. The van der Waals surface area contributed by atoms with Gasteiger partial charge < -0.3 is 9.26 Å². The molecule has 0 aliphatic rings. The zero-order chi connectivity index (χ0) is 15.4. The summed E-state index contributed by atoms with van der Waals surface area (Å²) < 4.78 is 23.4. The second kappa shape index (κ2) is 6.17. The Morgan fingerprint density at radius 2 is 1.82 bits per heavy atom. The van der Waals surface area contributed by atoms with Crippen LogP contribution in [0.25, 0.3) is 11.4 Å². The molecule has 1 aromatic heterocycles. The Labute approximate surface area is 125 Å². The molecular formula is C16H11FN2O3. The fourth-order valence-corrected chi connectivity index (χ4v) is 1.85. The predicted molar refractivity (Wildman–Crippen MR) is 75.3 cm³/mol. The van der Waals surface area contributed by atoms with Crippen molar-refractivity contribution in [1.82, 2.24) is 10.1 Å². The third kappa shape index (κ3) is 3.01. The highest BCUT2D eigenvalue weighted by Crippen LogP contribution is 2.15. The first-order chi connectivity index (χ1) is 10.7. The van der Waals surface area contributed by atoms with E-state index in [1.54, 1.807) is 6.07 Å². The average Bonchev–Trinajstić information content (AvgIpc) is 3.03. The molecule has 6 heteroatoms. The number of esters is 1. The second-order valence-corrected chi connectivity index (χ2v) is 4.43. The van der Waals surface area contributed by atoms with Crippen LogP contribution in [-0.4, -0.2) is 16.1 Å². The van der Waals surface area contributed by atoms with E-state index in [-0.39, 0.29) is 18.1 Å². The van der Waals surface area contributed by atoms with Gasteiger partial charge in [0.15, 0.2) is 6.61 Å². The van der Waals surface area contributed by atoms with Gasteiger partial charge in [0.1, 0.15) is 5.82 Å². The quantitative estimate of drug-likeness (QED) is 0.692. The van der Waals surface area contributed by atoms with Gasteiger partial charge in [-0.3, -0.25) is 0 Å². The van der Waals surface area contributed by atoms with E-state index in [9.17, 15) is 9.18 Å². The van der Waals surface area contributed by atoms with Gasteiger partial charge in [-0.2, -0.15) is 4.98 Å². The van der Waals surface area contributed by atoms with Crippen LogP contribution >= 0.6 is 0 Å². The minimum absolute atomic E-state index is 0.134. The van der Waals surface area contributed by atoms with Gasteiger partial charge in [-0.05, 0) is 12.1 Å². The lowest BCUT2D eigenvalue weighted by Gasteiger charge is -2.02. The molecule has 3 aromatic rings. The van der Waals surface area contributed by atoms with Crippen LogP contribution < -0.4 is 0 Å². The highest BCUT2D eigenvalue weighted by atomic mass is 19.1. The molecule has 0 radical (unpaired) electrons.